The smallest absolute Gasteiger partial charge is 0.257 e. The molecule has 1 saturated heterocycles. The molecule has 0 spiro atoms. The van der Waals surface area contributed by atoms with Crippen LogP contribution in [0, 0.1) is 0 Å². The lowest BCUT2D eigenvalue weighted by atomic mass is 9.96. The Hall–Kier alpha value is -3.12. The zero-order valence-electron chi connectivity index (χ0n) is 21.5. The number of pyridine rings is 1. The van der Waals surface area contributed by atoms with Gasteiger partial charge in [-0.15, -0.1) is 23.1 Å². The molecule has 6 rings (SSSR count). The predicted molar refractivity (Wildman–Crippen MR) is 154 cm³/mol. The fraction of sp³-hybridized carbons (Fsp3) is 0.393. The molecule has 0 saturated carbocycles. The quantitative estimate of drug-likeness (QED) is 0.455. The van der Waals surface area contributed by atoms with Crippen molar-refractivity contribution in [2.45, 2.75) is 37.9 Å². The number of carbonyl (C=O) groups is 2. The number of amides is 2. The predicted octanol–water partition coefficient (Wildman–Crippen LogP) is 3.16. The van der Waals surface area contributed by atoms with Crippen LogP contribution in [0.25, 0.3) is 0 Å². The van der Waals surface area contributed by atoms with Gasteiger partial charge >= 0.3 is 0 Å². The summed E-state index contributed by atoms with van der Waals surface area (Å²) in [7, 11) is 0. The van der Waals surface area contributed by atoms with Crippen LogP contribution in [0.5, 0.6) is 0 Å². The van der Waals surface area contributed by atoms with Crippen molar-refractivity contribution in [1.82, 2.24) is 20.2 Å². The van der Waals surface area contributed by atoms with Gasteiger partial charge < -0.3 is 10.1 Å². The van der Waals surface area contributed by atoms with Crippen LogP contribution in [-0.4, -0.2) is 75.9 Å². The van der Waals surface area contributed by atoms with Gasteiger partial charge in [-0.3, -0.25) is 29.8 Å². The zero-order valence-corrected chi connectivity index (χ0v) is 23.1. The number of fused-ring (bicyclic) bond motifs is 1. The molecular weight excluding hydrogens is 532 g/mol. The number of aliphatic imine (C=N–C) groups is 1. The molecule has 1 aliphatic carbocycles. The molecule has 39 heavy (non-hydrogen) atoms. The summed E-state index contributed by atoms with van der Waals surface area (Å²) in [5, 5.41) is 7.43. The van der Waals surface area contributed by atoms with Crippen molar-refractivity contribution in [3.05, 3.63) is 76.1 Å². The topological polar surface area (TPSA) is 109 Å². The fourth-order valence-corrected chi connectivity index (χ4v) is 7.22. The number of hydrogen-bond donors (Lipinski definition) is 2. The molecule has 2 aromatic heterocycles. The highest BCUT2D eigenvalue weighted by molar-refractivity contribution is 8.14. The van der Waals surface area contributed by atoms with Gasteiger partial charge in [0.1, 0.15) is 11.1 Å². The lowest BCUT2D eigenvalue weighted by Gasteiger charge is -2.36. The van der Waals surface area contributed by atoms with E-state index < -0.39 is 6.04 Å². The summed E-state index contributed by atoms with van der Waals surface area (Å²) in [6.45, 7) is 3.90. The SMILES string of the molecule is O=C(Nc1nc2c(s1)C[C@@H](N1CCOCC1)CC2)c1cccc(CNC(=O)C2CSC(c3cccnc3)=N2)c1. The van der Waals surface area contributed by atoms with Crippen LogP contribution in [0.2, 0.25) is 0 Å². The first-order chi connectivity index (χ1) is 19.1. The van der Waals surface area contributed by atoms with E-state index in [4.69, 9.17) is 9.72 Å². The Bertz CT molecular complexity index is 1370. The highest BCUT2D eigenvalue weighted by atomic mass is 32.2. The lowest BCUT2D eigenvalue weighted by Crippen LogP contribution is -2.45. The maximum atomic E-state index is 13.0. The van der Waals surface area contributed by atoms with E-state index in [-0.39, 0.29) is 11.8 Å². The molecular formula is C28H30N6O3S2. The Morgan fingerprint density at radius 2 is 2.05 bits per heavy atom. The summed E-state index contributed by atoms with van der Waals surface area (Å²) in [6.07, 6.45) is 6.48. The number of nitrogens with zero attached hydrogens (tertiary/aromatic N) is 4. The third-order valence-corrected chi connectivity index (χ3v) is 9.35. The van der Waals surface area contributed by atoms with Crippen molar-refractivity contribution >= 4 is 45.1 Å². The molecule has 9 nitrogen and oxygen atoms in total. The molecule has 2 N–H and O–H groups in total. The Morgan fingerprint density at radius 1 is 1.15 bits per heavy atom. The zero-order chi connectivity index (χ0) is 26.6. The van der Waals surface area contributed by atoms with E-state index in [0.29, 0.717) is 29.0 Å². The number of carbonyl (C=O) groups excluding carboxylic acids is 2. The van der Waals surface area contributed by atoms with E-state index in [2.05, 4.69) is 25.5 Å². The summed E-state index contributed by atoms with van der Waals surface area (Å²) in [6, 6.07) is 11.2. The Morgan fingerprint density at radius 3 is 2.90 bits per heavy atom. The first kappa shape index (κ1) is 26.1. The molecule has 1 aromatic carbocycles. The Labute approximate surface area is 235 Å². The fourth-order valence-electron chi connectivity index (χ4n) is 5.12. The van der Waals surface area contributed by atoms with E-state index in [1.807, 2.05) is 30.3 Å². The molecule has 1 unspecified atom stereocenters. The van der Waals surface area contributed by atoms with Crippen molar-refractivity contribution < 1.29 is 14.3 Å². The number of hydrogen-bond acceptors (Lipinski definition) is 9. The van der Waals surface area contributed by atoms with Gasteiger partial charge in [0.05, 0.1) is 18.9 Å². The minimum absolute atomic E-state index is 0.125. The number of thiazole rings is 1. The normalized spacial score (nSPS) is 21.2. The van der Waals surface area contributed by atoms with Crippen LogP contribution in [0.4, 0.5) is 5.13 Å². The number of morpholine rings is 1. The molecule has 2 aliphatic heterocycles. The van der Waals surface area contributed by atoms with Crippen LogP contribution < -0.4 is 10.6 Å². The number of benzene rings is 1. The van der Waals surface area contributed by atoms with Gasteiger partial charge in [0.2, 0.25) is 5.91 Å². The highest BCUT2D eigenvalue weighted by Crippen LogP contribution is 2.32. The van der Waals surface area contributed by atoms with Crippen molar-refractivity contribution in [3.8, 4) is 0 Å². The molecule has 4 heterocycles. The van der Waals surface area contributed by atoms with Gasteiger partial charge in [0.25, 0.3) is 5.91 Å². The molecule has 202 valence electrons. The van der Waals surface area contributed by atoms with Crippen molar-refractivity contribution in [3.63, 3.8) is 0 Å². The maximum absolute atomic E-state index is 13.0. The number of ether oxygens (including phenoxy) is 1. The third-order valence-electron chi connectivity index (χ3n) is 7.21. The van der Waals surface area contributed by atoms with Crippen LogP contribution in [-0.2, 0) is 28.9 Å². The van der Waals surface area contributed by atoms with E-state index in [0.717, 1.165) is 67.4 Å². The summed E-state index contributed by atoms with van der Waals surface area (Å²) < 4.78 is 5.50. The van der Waals surface area contributed by atoms with Gasteiger partial charge in [-0.1, -0.05) is 12.1 Å². The van der Waals surface area contributed by atoms with E-state index in [1.54, 1.807) is 41.6 Å². The minimum Gasteiger partial charge on any atom is -0.379 e. The lowest BCUT2D eigenvalue weighted by molar-refractivity contribution is -0.121. The second kappa shape index (κ2) is 12.0. The van der Waals surface area contributed by atoms with Crippen molar-refractivity contribution in [2.75, 3.05) is 37.4 Å². The third kappa shape index (κ3) is 6.22. The number of thioether (sulfide) groups is 1. The average molecular weight is 563 g/mol. The molecule has 3 aliphatic rings. The van der Waals surface area contributed by atoms with Gasteiger partial charge in [-0.05, 0) is 49.1 Å². The van der Waals surface area contributed by atoms with E-state index in [1.165, 1.54) is 4.88 Å². The molecule has 3 aromatic rings. The van der Waals surface area contributed by atoms with E-state index >= 15 is 0 Å². The standard InChI is InChI=1S/C28H30N6O3S2/c35-25(33-28-32-22-7-6-21(14-24(22)39-28)34-9-11-37-12-10-34)19-4-1-3-18(13-19)15-30-26(36)23-17-38-27(31-23)20-5-2-8-29-16-20/h1-5,8,13,16,21,23H,6-7,9-12,14-15,17H2,(H,30,36)(H,32,33,35)/t21-,23?/m0/s1. The van der Waals surface area contributed by atoms with Crippen LogP contribution in [0.3, 0.4) is 0 Å². The van der Waals surface area contributed by atoms with Gasteiger partial charge in [0.15, 0.2) is 5.13 Å². The largest absolute Gasteiger partial charge is 0.379 e. The summed E-state index contributed by atoms with van der Waals surface area (Å²) >= 11 is 3.14. The monoisotopic (exact) mass is 562 g/mol. The summed E-state index contributed by atoms with van der Waals surface area (Å²) in [5.41, 5.74) is 3.42. The molecule has 2 atom stereocenters. The maximum Gasteiger partial charge on any atom is 0.257 e. The molecule has 2 amide bonds. The molecule has 0 radical (unpaired) electrons. The molecule has 1 fully saturated rings. The highest BCUT2D eigenvalue weighted by Gasteiger charge is 2.29. The summed E-state index contributed by atoms with van der Waals surface area (Å²) in [4.78, 5) is 43.0. The molecule has 11 heteroatoms. The number of aromatic nitrogens is 2. The Kier molecular flexibility index (Phi) is 8.00. The first-order valence-electron chi connectivity index (χ1n) is 13.2. The number of rotatable bonds is 7. The van der Waals surface area contributed by atoms with Gasteiger partial charge in [-0.2, -0.15) is 0 Å². The van der Waals surface area contributed by atoms with Crippen molar-refractivity contribution in [1.29, 1.82) is 0 Å². The van der Waals surface area contributed by atoms with Crippen LogP contribution in [0.1, 0.15) is 38.5 Å². The second-order valence-electron chi connectivity index (χ2n) is 9.81. The number of aryl methyl sites for hydroxylation is 1. The number of nitrogens with one attached hydrogen (secondary N) is 2. The van der Waals surface area contributed by atoms with Gasteiger partial charge in [-0.25, -0.2) is 4.98 Å². The Balaban J connectivity index is 1.03. The number of anilines is 1. The van der Waals surface area contributed by atoms with Gasteiger partial charge in [0, 0.05) is 59.8 Å². The summed E-state index contributed by atoms with van der Waals surface area (Å²) in [5.74, 6) is 0.278. The average Bonchev–Trinajstić information content (AvgIpc) is 3.64. The van der Waals surface area contributed by atoms with Crippen LogP contribution in [0.15, 0.2) is 53.8 Å². The first-order valence-corrected chi connectivity index (χ1v) is 15.0. The molecule has 0 bridgehead atoms. The second-order valence-corrected chi connectivity index (χ2v) is 11.9. The van der Waals surface area contributed by atoms with Crippen LogP contribution >= 0.6 is 23.1 Å². The van der Waals surface area contributed by atoms with Crippen molar-refractivity contribution in [2.24, 2.45) is 4.99 Å². The van der Waals surface area contributed by atoms with E-state index in [9.17, 15) is 9.59 Å². The minimum atomic E-state index is -0.435.